The number of likely N-dealkylation sites (N-methyl/N-ethyl adjacent to an activating group) is 1. The number of hydrogen-bond acceptors (Lipinski definition) is 2. The van der Waals surface area contributed by atoms with Gasteiger partial charge in [0.25, 0.3) is 0 Å². The van der Waals surface area contributed by atoms with Crippen molar-refractivity contribution in [3.63, 3.8) is 0 Å². The Morgan fingerprint density at radius 3 is 2.27 bits per heavy atom. The summed E-state index contributed by atoms with van der Waals surface area (Å²) in [5.41, 5.74) is 6.30. The summed E-state index contributed by atoms with van der Waals surface area (Å²) in [7, 11) is 0. The van der Waals surface area contributed by atoms with Crippen molar-refractivity contribution in [1.29, 1.82) is 0 Å². The third kappa shape index (κ3) is 4.98. The largest absolute Gasteiger partial charge is 0.329 e. The van der Waals surface area contributed by atoms with E-state index in [1.54, 1.807) is 0 Å². The molecule has 0 saturated heterocycles. The number of rotatable bonds is 6. The van der Waals surface area contributed by atoms with Gasteiger partial charge in [-0.1, -0.05) is 27.7 Å². The minimum Gasteiger partial charge on any atom is -0.329 e. The number of nitrogens with zero attached hydrogens (tertiary/aromatic N) is 1. The van der Waals surface area contributed by atoms with E-state index in [1.165, 1.54) is 25.8 Å². The van der Waals surface area contributed by atoms with Crippen LogP contribution >= 0.6 is 0 Å². The first-order valence-electron chi connectivity index (χ1n) is 6.40. The van der Waals surface area contributed by atoms with Crippen LogP contribution in [0.4, 0.5) is 0 Å². The molecule has 1 aliphatic carbocycles. The van der Waals surface area contributed by atoms with Crippen LogP contribution in [0.5, 0.6) is 0 Å². The van der Waals surface area contributed by atoms with Gasteiger partial charge in [-0.2, -0.15) is 0 Å². The molecule has 0 spiro atoms. The van der Waals surface area contributed by atoms with Gasteiger partial charge >= 0.3 is 0 Å². The predicted octanol–water partition coefficient (Wildman–Crippen LogP) is 2.48. The van der Waals surface area contributed by atoms with Gasteiger partial charge in [-0.3, -0.25) is 4.90 Å². The summed E-state index contributed by atoms with van der Waals surface area (Å²) in [6.45, 7) is 12.4. The molecule has 0 bridgehead atoms. The second kappa shape index (κ2) is 5.31. The van der Waals surface area contributed by atoms with Crippen LogP contribution < -0.4 is 5.73 Å². The summed E-state index contributed by atoms with van der Waals surface area (Å²) in [5, 5.41) is 0. The van der Waals surface area contributed by atoms with E-state index in [4.69, 9.17) is 5.73 Å². The summed E-state index contributed by atoms with van der Waals surface area (Å²) in [5.74, 6) is 0.971. The summed E-state index contributed by atoms with van der Waals surface area (Å²) in [6, 6.07) is 0.579. The Bertz CT molecular complexity index is 179. The van der Waals surface area contributed by atoms with E-state index >= 15 is 0 Å². The zero-order valence-electron chi connectivity index (χ0n) is 10.9. The van der Waals surface area contributed by atoms with E-state index in [1.807, 2.05) is 0 Å². The Balaban J connectivity index is 2.44. The standard InChI is InChI=1S/C13H28N2/c1-5-15(10-11-6-7-11)12(9-14)8-13(2,3)4/h11-12H,5-10,14H2,1-4H3. The molecular weight excluding hydrogens is 184 g/mol. The van der Waals surface area contributed by atoms with Crippen molar-refractivity contribution in [2.45, 2.75) is 53.0 Å². The zero-order chi connectivity index (χ0) is 11.5. The highest BCUT2D eigenvalue weighted by molar-refractivity contribution is 4.83. The van der Waals surface area contributed by atoms with Crippen LogP contribution in [0.3, 0.4) is 0 Å². The average molecular weight is 212 g/mol. The molecule has 1 rings (SSSR count). The lowest BCUT2D eigenvalue weighted by Crippen LogP contribution is -2.43. The van der Waals surface area contributed by atoms with Crippen LogP contribution in [0, 0.1) is 11.3 Å². The number of hydrogen-bond donors (Lipinski definition) is 1. The van der Waals surface area contributed by atoms with E-state index < -0.39 is 0 Å². The Kier molecular flexibility index (Phi) is 4.60. The molecule has 0 heterocycles. The first-order valence-corrected chi connectivity index (χ1v) is 6.40. The van der Waals surface area contributed by atoms with E-state index in [0.717, 1.165) is 19.0 Å². The lowest BCUT2D eigenvalue weighted by Gasteiger charge is -2.34. The molecule has 1 saturated carbocycles. The SMILES string of the molecule is CCN(CC1CC1)C(CN)CC(C)(C)C. The molecule has 1 fully saturated rings. The summed E-state index contributed by atoms with van der Waals surface area (Å²) >= 11 is 0. The number of nitrogens with two attached hydrogens (primary N) is 1. The quantitative estimate of drug-likeness (QED) is 0.733. The maximum Gasteiger partial charge on any atom is 0.0223 e. The van der Waals surface area contributed by atoms with E-state index in [0.29, 0.717) is 11.5 Å². The van der Waals surface area contributed by atoms with Gasteiger partial charge in [0.05, 0.1) is 0 Å². The minimum absolute atomic E-state index is 0.390. The topological polar surface area (TPSA) is 29.3 Å². The lowest BCUT2D eigenvalue weighted by molar-refractivity contribution is 0.153. The Morgan fingerprint density at radius 2 is 1.93 bits per heavy atom. The van der Waals surface area contributed by atoms with Crippen LogP contribution in [0.15, 0.2) is 0 Å². The summed E-state index contributed by atoms with van der Waals surface area (Å²) in [6.07, 6.45) is 4.08. The van der Waals surface area contributed by atoms with Crippen molar-refractivity contribution in [2.24, 2.45) is 17.1 Å². The highest BCUT2D eigenvalue weighted by Crippen LogP contribution is 2.31. The van der Waals surface area contributed by atoms with Crippen molar-refractivity contribution in [3.05, 3.63) is 0 Å². The minimum atomic E-state index is 0.390. The monoisotopic (exact) mass is 212 g/mol. The molecule has 2 nitrogen and oxygen atoms in total. The highest BCUT2D eigenvalue weighted by atomic mass is 15.2. The van der Waals surface area contributed by atoms with Gasteiger partial charge in [-0.05, 0) is 37.1 Å². The zero-order valence-corrected chi connectivity index (χ0v) is 10.9. The summed E-state index contributed by atoms with van der Waals surface area (Å²) in [4.78, 5) is 2.59. The Hall–Kier alpha value is -0.0800. The molecule has 0 aromatic heterocycles. The Labute approximate surface area is 95.2 Å². The molecule has 0 aliphatic heterocycles. The first-order chi connectivity index (χ1) is 6.96. The molecular formula is C13H28N2. The molecule has 0 amide bonds. The van der Waals surface area contributed by atoms with E-state index in [2.05, 4.69) is 32.6 Å². The second-order valence-electron chi connectivity index (χ2n) is 6.19. The van der Waals surface area contributed by atoms with Crippen molar-refractivity contribution < 1.29 is 0 Å². The van der Waals surface area contributed by atoms with Crippen molar-refractivity contribution in [2.75, 3.05) is 19.6 Å². The molecule has 0 radical (unpaired) electrons. The van der Waals surface area contributed by atoms with E-state index in [-0.39, 0.29) is 0 Å². The molecule has 90 valence electrons. The normalized spacial score (nSPS) is 19.6. The van der Waals surface area contributed by atoms with Gasteiger partial charge in [-0.15, -0.1) is 0 Å². The maximum atomic E-state index is 5.91. The summed E-state index contributed by atoms with van der Waals surface area (Å²) < 4.78 is 0. The highest BCUT2D eigenvalue weighted by Gasteiger charge is 2.28. The van der Waals surface area contributed by atoms with Crippen molar-refractivity contribution in [3.8, 4) is 0 Å². The van der Waals surface area contributed by atoms with Gasteiger partial charge in [0.1, 0.15) is 0 Å². The molecule has 0 aromatic rings. The Morgan fingerprint density at radius 1 is 1.33 bits per heavy atom. The van der Waals surface area contributed by atoms with Gasteiger partial charge < -0.3 is 5.73 Å². The van der Waals surface area contributed by atoms with Crippen LogP contribution in [0.1, 0.15) is 47.0 Å². The van der Waals surface area contributed by atoms with Crippen LogP contribution in [-0.2, 0) is 0 Å². The maximum absolute atomic E-state index is 5.91. The molecule has 15 heavy (non-hydrogen) atoms. The van der Waals surface area contributed by atoms with Crippen LogP contribution in [0.25, 0.3) is 0 Å². The molecule has 2 N–H and O–H groups in total. The van der Waals surface area contributed by atoms with Gasteiger partial charge in [0, 0.05) is 19.1 Å². The van der Waals surface area contributed by atoms with Crippen molar-refractivity contribution in [1.82, 2.24) is 4.90 Å². The first kappa shape index (κ1) is 13.0. The fraction of sp³-hybridized carbons (Fsp3) is 1.00. The third-order valence-corrected chi connectivity index (χ3v) is 3.23. The molecule has 2 heteroatoms. The second-order valence-corrected chi connectivity index (χ2v) is 6.19. The lowest BCUT2D eigenvalue weighted by atomic mass is 9.87. The van der Waals surface area contributed by atoms with E-state index in [9.17, 15) is 0 Å². The van der Waals surface area contributed by atoms with Gasteiger partial charge in [0.2, 0.25) is 0 Å². The smallest absolute Gasteiger partial charge is 0.0223 e. The molecule has 1 aliphatic rings. The van der Waals surface area contributed by atoms with Gasteiger partial charge in [0.15, 0.2) is 0 Å². The fourth-order valence-electron chi connectivity index (χ4n) is 2.24. The fourth-order valence-corrected chi connectivity index (χ4v) is 2.24. The average Bonchev–Trinajstić information content (AvgIpc) is 2.92. The molecule has 1 atom stereocenters. The van der Waals surface area contributed by atoms with Gasteiger partial charge in [-0.25, -0.2) is 0 Å². The predicted molar refractivity (Wildman–Crippen MR) is 66.9 cm³/mol. The molecule has 0 aromatic carbocycles. The third-order valence-electron chi connectivity index (χ3n) is 3.23. The van der Waals surface area contributed by atoms with Crippen LogP contribution in [0.2, 0.25) is 0 Å². The van der Waals surface area contributed by atoms with Crippen molar-refractivity contribution >= 4 is 0 Å². The van der Waals surface area contributed by atoms with Crippen LogP contribution in [-0.4, -0.2) is 30.6 Å². The molecule has 1 unspecified atom stereocenters.